The van der Waals surface area contributed by atoms with Gasteiger partial charge in [0.25, 0.3) is 11.1 Å². The van der Waals surface area contributed by atoms with Gasteiger partial charge in [0.2, 0.25) is 0 Å². The lowest BCUT2D eigenvalue weighted by molar-refractivity contribution is -0.147. The van der Waals surface area contributed by atoms with E-state index in [-0.39, 0.29) is 29.1 Å². The maximum atomic E-state index is 12.7. The summed E-state index contributed by atoms with van der Waals surface area (Å²) in [6, 6.07) is 10.5. The zero-order valence-electron chi connectivity index (χ0n) is 19.5. The van der Waals surface area contributed by atoms with E-state index in [0.29, 0.717) is 28.7 Å². The molecule has 0 spiro atoms. The molecule has 1 saturated heterocycles. The summed E-state index contributed by atoms with van der Waals surface area (Å²) < 4.78 is 16.7. The summed E-state index contributed by atoms with van der Waals surface area (Å²) in [4.78, 5) is 38.1. The lowest BCUT2D eigenvalue weighted by Gasteiger charge is -2.15. The average Bonchev–Trinajstić information content (AvgIpc) is 3.05. The van der Waals surface area contributed by atoms with Crippen LogP contribution in [-0.2, 0) is 20.9 Å². The van der Waals surface area contributed by atoms with Gasteiger partial charge in [0.05, 0.1) is 23.1 Å². The normalized spacial score (nSPS) is 14.7. The molecule has 3 rings (SSSR count). The van der Waals surface area contributed by atoms with E-state index in [1.54, 1.807) is 24.3 Å². The summed E-state index contributed by atoms with van der Waals surface area (Å²) in [6.45, 7) is 6.02. The first-order valence-electron chi connectivity index (χ1n) is 10.9. The van der Waals surface area contributed by atoms with Crippen molar-refractivity contribution in [2.45, 2.75) is 27.4 Å². The van der Waals surface area contributed by atoms with Gasteiger partial charge in [0.15, 0.2) is 11.5 Å². The molecule has 2 amide bonds. The molecule has 1 aliphatic heterocycles. The molecule has 0 aliphatic carbocycles. The molecule has 0 unspecified atom stereocenters. The predicted octanol–water partition coefficient (Wildman–Crippen LogP) is 6.21. The van der Waals surface area contributed by atoms with Crippen LogP contribution in [0.2, 0.25) is 10.0 Å². The predicted molar refractivity (Wildman–Crippen MR) is 137 cm³/mol. The Morgan fingerprint density at radius 3 is 2.49 bits per heavy atom. The standard InChI is InChI=1S/C25H25Cl2NO6S/c1-4-32-20-10-17(9-19(27)23(20)34-14-16-5-7-18(26)8-6-16)11-21-24(30)28(25(31)35-21)12-22(29)33-13-15(2)3/h5-11,15H,4,12-14H2,1-3H3/b21-11+. The molecule has 0 aromatic heterocycles. The highest BCUT2D eigenvalue weighted by Gasteiger charge is 2.36. The monoisotopic (exact) mass is 537 g/mol. The van der Waals surface area contributed by atoms with Crippen molar-refractivity contribution in [3.8, 4) is 11.5 Å². The maximum Gasteiger partial charge on any atom is 0.326 e. The lowest BCUT2D eigenvalue weighted by Crippen LogP contribution is -2.34. The van der Waals surface area contributed by atoms with Crippen molar-refractivity contribution in [3.63, 3.8) is 0 Å². The average molecular weight is 538 g/mol. The molecule has 10 heteroatoms. The Morgan fingerprint density at radius 2 is 1.83 bits per heavy atom. The van der Waals surface area contributed by atoms with Crippen molar-refractivity contribution in [2.75, 3.05) is 19.8 Å². The van der Waals surface area contributed by atoms with Gasteiger partial charge in [-0.05, 0) is 66.1 Å². The maximum absolute atomic E-state index is 12.7. The Hall–Kier alpha value is -2.68. The summed E-state index contributed by atoms with van der Waals surface area (Å²) in [5.74, 6) is -0.292. The van der Waals surface area contributed by atoms with Crippen molar-refractivity contribution < 1.29 is 28.6 Å². The van der Waals surface area contributed by atoms with Gasteiger partial charge in [-0.15, -0.1) is 0 Å². The quantitative estimate of drug-likeness (QED) is 0.263. The summed E-state index contributed by atoms with van der Waals surface area (Å²) in [7, 11) is 0. The number of amides is 2. The second-order valence-electron chi connectivity index (χ2n) is 8.02. The molecular formula is C25H25Cl2NO6S. The Balaban J connectivity index is 1.77. The van der Waals surface area contributed by atoms with E-state index in [0.717, 1.165) is 22.2 Å². The van der Waals surface area contributed by atoms with Crippen molar-refractivity contribution in [3.05, 3.63) is 62.5 Å². The van der Waals surface area contributed by atoms with Gasteiger partial charge < -0.3 is 14.2 Å². The van der Waals surface area contributed by atoms with Crippen molar-refractivity contribution in [2.24, 2.45) is 5.92 Å². The lowest BCUT2D eigenvalue weighted by atomic mass is 10.1. The number of carbonyl (C=O) groups is 3. The van der Waals surface area contributed by atoms with Gasteiger partial charge in [-0.25, -0.2) is 0 Å². The largest absolute Gasteiger partial charge is 0.490 e. The van der Waals surface area contributed by atoms with Crippen LogP contribution < -0.4 is 9.47 Å². The van der Waals surface area contributed by atoms with E-state index in [2.05, 4.69) is 0 Å². The third kappa shape index (κ3) is 7.40. The number of esters is 1. The van der Waals surface area contributed by atoms with E-state index in [1.807, 2.05) is 32.9 Å². The third-order valence-electron chi connectivity index (χ3n) is 4.66. The van der Waals surface area contributed by atoms with Gasteiger partial charge in [-0.2, -0.15) is 0 Å². The second kappa shape index (κ2) is 12.3. The molecule has 186 valence electrons. The van der Waals surface area contributed by atoms with Crippen molar-refractivity contribution in [1.29, 1.82) is 0 Å². The fraction of sp³-hybridized carbons (Fsp3) is 0.320. The molecule has 1 heterocycles. The number of nitrogens with zero attached hydrogens (tertiary/aromatic N) is 1. The minimum absolute atomic E-state index is 0.149. The smallest absolute Gasteiger partial charge is 0.326 e. The van der Waals surface area contributed by atoms with E-state index in [4.69, 9.17) is 37.4 Å². The number of benzene rings is 2. The first-order chi connectivity index (χ1) is 16.7. The summed E-state index contributed by atoms with van der Waals surface area (Å²) in [5.41, 5.74) is 1.45. The highest BCUT2D eigenvalue weighted by molar-refractivity contribution is 8.18. The molecule has 0 bridgehead atoms. The molecule has 2 aromatic carbocycles. The Labute approximate surface area is 218 Å². The van der Waals surface area contributed by atoms with Crippen LogP contribution in [0, 0.1) is 5.92 Å². The van der Waals surface area contributed by atoms with E-state index in [1.165, 1.54) is 6.08 Å². The molecular weight excluding hydrogens is 513 g/mol. The first-order valence-corrected chi connectivity index (χ1v) is 12.5. The van der Waals surface area contributed by atoms with Crippen LogP contribution in [0.15, 0.2) is 41.3 Å². The van der Waals surface area contributed by atoms with Gasteiger partial charge in [0.1, 0.15) is 13.2 Å². The second-order valence-corrected chi connectivity index (χ2v) is 9.86. The Kier molecular flexibility index (Phi) is 9.48. The Morgan fingerprint density at radius 1 is 1.11 bits per heavy atom. The molecule has 1 fully saturated rings. The van der Waals surface area contributed by atoms with E-state index in [9.17, 15) is 14.4 Å². The molecule has 0 radical (unpaired) electrons. The minimum Gasteiger partial charge on any atom is -0.490 e. The van der Waals surface area contributed by atoms with Crippen LogP contribution in [0.1, 0.15) is 31.9 Å². The van der Waals surface area contributed by atoms with E-state index >= 15 is 0 Å². The van der Waals surface area contributed by atoms with Crippen LogP contribution in [0.3, 0.4) is 0 Å². The highest BCUT2D eigenvalue weighted by atomic mass is 35.5. The number of hydrogen-bond acceptors (Lipinski definition) is 7. The zero-order valence-corrected chi connectivity index (χ0v) is 21.8. The van der Waals surface area contributed by atoms with Crippen LogP contribution >= 0.6 is 35.0 Å². The number of thioether (sulfide) groups is 1. The number of hydrogen-bond donors (Lipinski definition) is 0. The summed E-state index contributed by atoms with van der Waals surface area (Å²) in [6.07, 6.45) is 1.53. The number of ether oxygens (including phenoxy) is 3. The molecule has 0 atom stereocenters. The van der Waals surface area contributed by atoms with Gasteiger partial charge >= 0.3 is 5.97 Å². The number of imide groups is 1. The fourth-order valence-corrected chi connectivity index (χ4v) is 4.27. The SMILES string of the molecule is CCOc1cc(/C=C2/SC(=O)N(CC(=O)OCC(C)C)C2=O)cc(Cl)c1OCc1ccc(Cl)cc1. The van der Waals surface area contributed by atoms with Gasteiger partial charge in [-0.3, -0.25) is 19.3 Å². The topological polar surface area (TPSA) is 82.1 Å². The van der Waals surface area contributed by atoms with Crippen LogP contribution in [0.25, 0.3) is 6.08 Å². The molecule has 0 N–H and O–H groups in total. The molecule has 2 aromatic rings. The fourth-order valence-electron chi connectivity index (χ4n) is 3.03. The van der Waals surface area contributed by atoms with Gasteiger partial charge in [-0.1, -0.05) is 49.2 Å². The van der Waals surface area contributed by atoms with Crippen LogP contribution in [0.5, 0.6) is 11.5 Å². The van der Waals surface area contributed by atoms with E-state index < -0.39 is 23.7 Å². The number of rotatable bonds is 10. The number of carbonyl (C=O) groups excluding carboxylic acids is 3. The highest BCUT2D eigenvalue weighted by Crippen LogP contribution is 2.39. The zero-order chi connectivity index (χ0) is 25.5. The first kappa shape index (κ1) is 26.9. The van der Waals surface area contributed by atoms with Crippen LogP contribution in [-0.4, -0.2) is 41.8 Å². The minimum atomic E-state index is -0.633. The van der Waals surface area contributed by atoms with Crippen LogP contribution in [0.4, 0.5) is 4.79 Å². The number of halogens is 2. The third-order valence-corrected chi connectivity index (χ3v) is 6.10. The molecule has 1 aliphatic rings. The Bertz CT molecular complexity index is 1130. The van der Waals surface area contributed by atoms with Gasteiger partial charge in [0, 0.05) is 5.02 Å². The molecule has 35 heavy (non-hydrogen) atoms. The summed E-state index contributed by atoms with van der Waals surface area (Å²) >= 11 is 13.2. The molecule has 0 saturated carbocycles. The van der Waals surface area contributed by atoms with Crippen molar-refractivity contribution >= 4 is 58.2 Å². The summed E-state index contributed by atoms with van der Waals surface area (Å²) in [5, 5.41) is 0.373. The van der Waals surface area contributed by atoms with Crippen molar-refractivity contribution in [1.82, 2.24) is 4.90 Å². The molecule has 7 nitrogen and oxygen atoms in total.